The standard InChI is InChI=1S/C17H18N2OS/c1-2-19(12-15-9-6-10-21-15)13-17-18-11-16(20-17)14-7-4-3-5-8-14/h3-11H,2,12-13H2,1H3. The van der Waals surface area contributed by atoms with Crippen molar-refractivity contribution in [3.05, 3.63) is 64.8 Å². The molecule has 2 aromatic heterocycles. The lowest BCUT2D eigenvalue weighted by Gasteiger charge is -2.17. The normalized spacial score (nSPS) is 11.1. The average molecular weight is 298 g/mol. The summed E-state index contributed by atoms with van der Waals surface area (Å²) < 4.78 is 5.87. The van der Waals surface area contributed by atoms with Crippen LogP contribution >= 0.6 is 11.3 Å². The summed E-state index contributed by atoms with van der Waals surface area (Å²) in [5.41, 5.74) is 1.07. The van der Waals surface area contributed by atoms with Crippen LogP contribution in [0, 0.1) is 0 Å². The Hall–Kier alpha value is -1.91. The molecule has 0 fully saturated rings. The zero-order valence-corrected chi connectivity index (χ0v) is 12.8. The maximum atomic E-state index is 5.87. The summed E-state index contributed by atoms with van der Waals surface area (Å²) >= 11 is 1.79. The van der Waals surface area contributed by atoms with E-state index >= 15 is 0 Å². The van der Waals surface area contributed by atoms with Gasteiger partial charge in [0.05, 0.1) is 12.7 Å². The fourth-order valence-corrected chi connectivity index (χ4v) is 2.96. The van der Waals surface area contributed by atoms with Crippen LogP contribution in [0.15, 0.2) is 58.5 Å². The van der Waals surface area contributed by atoms with E-state index in [-0.39, 0.29) is 0 Å². The molecule has 0 bridgehead atoms. The summed E-state index contributed by atoms with van der Waals surface area (Å²) in [5.74, 6) is 1.60. The molecule has 0 N–H and O–H groups in total. The summed E-state index contributed by atoms with van der Waals surface area (Å²) in [6, 6.07) is 14.3. The quantitative estimate of drug-likeness (QED) is 0.674. The molecule has 0 aliphatic carbocycles. The SMILES string of the molecule is CCN(Cc1ncc(-c2ccccc2)o1)Cc1cccs1. The first-order chi connectivity index (χ1) is 10.3. The molecule has 0 spiro atoms. The van der Waals surface area contributed by atoms with Gasteiger partial charge in [-0.25, -0.2) is 4.98 Å². The average Bonchev–Trinajstić information content (AvgIpc) is 3.19. The van der Waals surface area contributed by atoms with Crippen LogP contribution in [0.2, 0.25) is 0 Å². The summed E-state index contributed by atoms with van der Waals surface area (Å²) in [6.07, 6.45) is 1.81. The highest BCUT2D eigenvalue weighted by molar-refractivity contribution is 7.09. The maximum absolute atomic E-state index is 5.87. The van der Waals surface area contributed by atoms with Gasteiger partial charge in [-0.1, -0.05) is 43.3 Å². The minimum absolute atomic E-state index is 0.737. The van der Waals surface area contributed by atoms with Crippen molar-refractivity contribution < 1.29 is 4.42 Å². The predicted octanol–water partition coefficient (Wildman–Crippen LogP) is 4.43. The number of benzene rings is 1. The molecular weight excluding hydrogens is 280 g/mol. The number of hydrogen-bond donors (Lipinski definition) is 0. The van der Waals surface area contributed by atoms with Gasteiger partial charge < -0.3 is 4.42 Å². The van der Waals surface area contributed by atoms with Crippen molar-refractivity contribution in [1.82, 2.24) is 9.88 Å². The highest BCUT2D eigenvalue weighted by Gasteiger charge is 2.11. The van der Waals surface area contributed by atoms with E-state index in [1.54, 1.807) is 11.3 Å². The summed E-state index contributed by atoms with van der Waals surface area (Å²) in [4.78, 5) is 8.10. The maximum Gasteiger partial charge on any atom is 0.209 e. The van der Waals surface area contributed by atoms with Crippen LogP contribution in [0.5, 0.6) is 0 Å². The van der Waals surface area contributed by atoms with Crippen molar-refractivity contribution in [3.8, 4) is 11.3 Å². The first kappa shape index (κ1) is 14.0. The molecule has 0 unspecified atom stereocenters. The number of thiophene rings is 1. The number of nitrogens with zero attached hydrogens (tertiary/aromatic N) is 2. The van der Waals surface area contributed by atoms with Crippen LogP contribution in [-0.2, 0) is 13.1 Å². The Morgan fingerprint density at radius 3 is 2.67 bits per heavy atom. The van der Waals surface area contributed by atoms with Crippen molar-refractivity contribution in [2.24, 2.45) is 0 Å². The van der Waals surface area contributed by atoms with Crippen LogP contribution in [0.3, 0.4) is 0 Å². The zero-order chi connectivity index (χ0) is 14.5. The lowest BCUT2D eigenvalue weighted by atomic mass is 10.2. The number of aromatic nitrogens is 1. The first-order valence-corrected chi connectivity index (χ1v) is 7.98. The molecule has 2 heterocycles. The zero-order valence-electron chi connectivity index (χ0n) is 12.0. The van der Waals surface area contributed by atoms with E-state index in [2.05, 4.69) is 34.3 Å². The second kappa shape index (κ2) is 6.70. The van der Waals surface area contributed by atoms with Crippen LogP contribution in [-0.4, -0.2) is 16.4 Å². The molecule has 3 aromatic rings. The van der Waals surface area contributed by atoms with Crippen molar-refractivity contribution in [2.75, 3.05) is 6.54 Å². The fourth-order valence-electron chi connectivity index (χ4n) is 2.21. The number of rotatable bonds is 6. The van der Waals surface area contributed by atoms with Crippen molar-refractivity contribution in [2.45, 2.75) is 20.0 Å². The van der Waals surface area contributed by atoms with Gasteiger partial charge in [0.15, 0.2) is 5.76 Å². The third-order valence-electron chi connectivity index (χ3n) is 3.38. The van der Waals surface area contributed by atoms with Gasteiger partial charge in [0.1, 0.15) is 0 Å². The molecule has 0 aliphatic heterocycles. The molecule has 4 heteroatoms. The van der Waals surface area contributed by atoms with Gasteiger partial charge in [-0.3, -0.25) is 4.90 Å². The predicted molar refractivity (Wildman–Crippen MR) is 86.0 cm³/mol. The van der Waals surface area contributed by atoms with Crippen molar-refractivity contribution in [1.29, 1.82) is 0 Å². The minimum atomic E-state index is 0.737. The Labute approximate surface area is 128 Å². The van der Waals surface area contributed by atoms with E-state index in [1.807, 2.05) is 36.5 Å². The third-order valence-corrected chi connectivity index (χ3v) is 4.24. The highest BCUT2D eigenvalue weighted by atomic mass is 32.1. The summed E-state index contributed by atoms with van der Waals surface area (Å²) in [6.45, 7) is 4.81. The van der Waals surface area contributed by atoms with Gasteiger partial charge in [0.2, 0.25) is 5.89 Å². The van der Waals surface area contributed by atoms with E-state index in [0.717, 1.165) is 36.8 Å². The third kappa shape index (κ3) is 3.60. The lowest BCUT2D eigenvalue weighted by Crippen LogP contribution is -2.21. The molecule has 0 aliphatic rings. The molecule has 0 radical (unpaired) electrons. The topological polar surface area (TPSA) is 29.3 Å². The molecule has 0 atom stereocenters. The van der Waals surface area contributed by atoms with Gasteiger partial charge >= 0.3 is 0 Å². The van der Waals surface area contributed by atoms with E-state index in [9.17, 15) is 0 Å². The lowest BCUT2D eigenvalue weighted by molar-refractivity contribution is 0.245. The van der Waals surface area contributed by atoms with Crippen LogP contribution in [0.1, 0.15) is 17.7 Å². The monoisotopic (exact) mass is 298 g/mol. The Bertz CT molecular complexity index is 661. The van der Waals surface area contributed by atoms with E-state index in [4.69, 9.17) is 4.42 Å². The van der Waals surface area contributed by atoms with E-state index < -0.39 is 0 Å². The molecule has 0 saturated heterocycles. The van der Waals surface area contributed by atoms with Gasteiger partial charge in [-0.2, -0.15) is 0 Å². The van der Waals surface area contributed by atoms with Gasteiger partial charge in [0, 0.05) is 17.0 Å². The Balaban J connectivity index is 1.68. The molecule has 0 saturated carbocycles. The largest absolute Gasteiger partial charge is 0.439 e. The smallest absolute Gasteiger partial charge is 0.209 e. The van der Waals surface area contributed by atoms with Crippen molar-refractivity contribution >= 4 is 11.3 Å². The minimum Gasteiger partial charge on any atom is -0.439 e. The number of hydrogen-bond acceptors (Lipinski definition) is 4. The molecule has 1 aromatic carbocycles. The molecule has 3 rings (SSSR count). The van der Waals surface area contributed by atoms with Gasteiger partial charge in [-0.05, 0) is 18.0 Å². The molecule has 0 amide bonds. The summed E-state index contributed by atoms with van der Waals surface area (Å²) in [5, 5.41) is 2.11. The van der Waals surface area contributed by atoms with Crippen LogP contribution in [0.4, 0.5) is 0 Å². The Kier molecular flexibility index (Phi) is 4.48. The van der Waals surface area contributed by atoms with E-state index in [1.165, 1.54) is 4.88 Å². The van der Waals surface area contributed by atoms with Gasteiger partial charge in [0.25, 0.3) is 0 Å². The highest BCUT2D eigenvalue weighted by Crippen LogP contribution is 2.21. The Morgan fingerprint density at radius 1 is 1.10 bits per heavy atom. The molecule has 21 heavy (non-hydrogen) atoms. The second-order valence-corrected chi connectivity index (χ2v) is 5.90. The molecular formula is C17H18N2OS. The van der Waals surface area contributed by atoms with Crippen LogP contribution < -0.4 is 0 Å². The second-order valence-electron chi connectivity index (χ2n) is 4.87. The molecule has 3 nitrogen and oxygen atoms in total. The van der Waals surface area contributed by atoms with Crippen LogP contribution in [0.25, 0.3) is 11.3 Å². The van der Waals surface area contributed by atoms with E-state index in [0.29, 0.717) is 0 Å². The molecule has 108 valence electrons. The van der Waals surface area contributed by atoms with Gasteiger partial charge in [-0.15, -0.1) is 11.3 Å². The summed E-state index contributed by atoms with van der Waals surface area (Å²) in [7, 11) is 0. The first-order valence-electron chi connectivity index (χ1n) is 7.10. The Morgan fingerprint density at radius 2 is 1.95 bits per heavy atom. The van der Waals surface area contributed by atoms with Crippen molar-refractivity contribution in [3.63, 3.8) is 0 Å². The number of oxazole rings is 1. The fraction of sp³-hybridized carbons (Fsp3) is 0.235.